The molecule has 1 atom stereocenters. The standard InChI is InChI=1S/C16H31N3O2/c1-3-4-6-10-18-16(21)14(2)17-11-9-15(20)19-12-7-5-8-13-19/h14,17H,3-13H2,1-2H3,(H,18,21). The Hall–Kier alpha value is -1.10. The molecule has 0 aromatic heterocycles. The second-order valence-corrected chi connectivity index (χ2v) is 5.87. The van der Waals surface area contributed by atoms with E-state index >= 15 is 0 Å². The SMILES string of the molecule is CCCCCNC(=O)C(C)NCCC(=O)N1CCCCC1. The van der Waals surface area contributed by atoms with Gasteiger partial charge in [-0.05, 0) is 32.6 Å². The van der Waals surface area contributed by atoms with E-state index in [1.54, 1.807) is 0 Å². The number of rotatable bonds is 9. The molecule has 2 amide bonds. The minimum atomic E-state index is -0.235. The van der Waals surface area contributed by atoms with Crippen molar-refractivity contribution in [2.24, 2.45) is 0 Å². The first-order chi connectivity index (χ1) is 10.1. The van der Waals surface area contributed by atoms with Crippen LogP contribution in [0.3, 0.4) is 0 Å². The lowest BCUT2D eigenvalue weighted by molar-refractivity contribution is -0.132. The number of nitrogens with one attached hydrogen (secondary N) is 2. The molecular weight excluding hydrogens is 266 g/mol. The zero-order valence-corrected chi connectivity index (χ0v) is 13.6. The van der Waals surface area contributed by atoms with Crippen LogP contribution >= 0.6 is 0 Å². The van der Waals surface area contributed by atoms with Crippen LogP contribution in [0.2, 0.25) is 0 Å². The summed E-state index contributed by atoms with van der Waals surface area (Å²) in [7, 11) is 0. The molecule has 0 aromatic rings. The van der Waals surface area contributed by atoms with Gasteiger partial charge in [0.2, 0.25) is 11.8 Å². The summed E-state index contributed by atoms with van der Waals surface area (Å²) in [6, 6.07) is -0.235. The largest absolute Gasteiger partial charge is 0.355 e. The average Bonchev–Trinajstić information content (AvgIpc) is 2.52. The highest BCUT2D eigenvalue weighted by Crippen LogP contribution is 2.09. The summed E-state index contributed by atoms with van der Waals surface area (Å²) in [5.74, 6) is 0.231. The zero-order valence-electron chi connectivity index (χ0n) is 13.6. The summed E-state index contributed by atoms with van der Waals surface area (Å²) in [5.41, 5.74) is 0. The number of amides is 2. The molecule has 21 heavy (non-hydrogen) atoms. The number of likely N-dealkylation sites (tertiary alicyclic amines) is 1. The summed E-state index contributed by atoms with van der Waals surface area (Å²) in [6.45, 7) is 7.09. The van der Waals surface area contributed by atoms with E-state index < -0.39 is 0 Å². The van der Waals surface area contributed by atoms with E-state index in [0.717, 1.165) is 51.7 Å². The van der Waals surface area contributed by atoms with E-state index in [1.807, 2.05) is 11.8 Å². The lowest BCUT2D eigenvalue weighted by atomic mass is 10.1. The van der Waals surface area contributed by atoms with Crippen LogP contribution in [0.25, 0.3) is 0 Å². The van der Waals surface area contributed by atoms with Crippen LogP contribution in [0, 0.1) is 0 Å². The highest BCUT2D eigenvalue weighted by molar-refractivity contribution is 5.81. The number of hydrogen-bond acceptors (Lipinski definition) is 3. The summed E-state index contributed by atoms with van der Waals surface area (Å²) in [5, 5.41) is 6.06. The Morgan fingerprint density at radius 2 is 1.81 bits per heavy atom. The minimum Gasteiger partial charge on any atom is -0.355 e. The molecule has 5 nitrogen and oxygen atoms in total. The first-order valence-corrected chi connectivity index (χ1v) is 8.44. The average molecular weight is 297 g/mol. The fourth-order valence-corrected chi connectivity index (χ4v) is 2.53. The zero-order chi connectivity index (χ0) is 15.5. The maximum Gasteiger partial charge on any atom is 0.236 e. The van der Waals surface area contributed by atoms with Crippen LogP contribution in [0.4, 0.5) is 0 Å². The van der Waals surface area contributed by atoms with Gasteiger partial charge in [0.25, 0.3) is 0 Å². The van der Waals surface area contributed by atoms with Crippen LogP contribution in [0.15, 0.2) is 0 Å². The number of carbonyl (C=O) groups is 2. The highest BCUT2D eigenvalue weighted by atomic mass is 16.2. The first kappa shape index (κ1) is 18.0. The third-order valence-corrected chi connectivity index (χ3v) is 3.97. The number of piperidine rings is 1. The van der Waals surface area contributed by atoms with Gasteiger partial charge in [0, 0.05) is 32.6 Å². The smallest absolute Gasteiger partial charge is 0.236 e. The molecule has 0 bridgehead atoms. The molecular formula is C16H31N3O2. The number of hydrogen-bond donors (Lipinski definition) is 2. The Kier molecular flexibility index (Phi) is 9.06. The van der Waals surface area contributed by atoms with Gasteiger partial charge in [0.15, 0.2) is 0 Å². The summed E-state index contributed by atoms with van der Waals surface area (Å²) >= 11 is 0. The van der Waals surface area contributed by atoms with Crippen molar-refractivity contribution in [3.63, 3.8) is 0 Å². The van der Waals surface area contributed by atoms with Gasteiger partial charge in [-0.25, -0.2) is 0 Å². The van der Waals surface area contributed by atoms with Crippen molar-refractivity contribution >= 4 is 11.8 Å². The second-order valence-electron chi connectivity index (χ2n) is 5.87. The van der Waals surface area contributed by atoms with Crippen molar-refractivity contribution in [1.29, 1.82) is 0 Å². The highest BCUT2D eigenvalue weighted by Gasteiger charge is 2.17. The van der Waals surface area contributed by atoms with Crippen molar-refractivity contribution in [3.8, 4) is 0 Å². The Labute approximate surface area is 128 Å². The third kappa shape index (κ3) is 7.46. The molecule has 1 saturated heterocycles. The third-order valence-electron chi connectivity index (χ3n) is 3.97. The maximum atomic E-state index is 12.0. The van der Waals surface area contributed by atoms with E-state index in [2.05, 4.69) is 17.6 Å². The van der Waals surface area contributed by atoms with Crippen molar-refractivity contribution in [2.45, 2.75) is 64.8 Å². The fourth-order valence-electron chi connectivity index (χ4n) is 2.53. The molecule has 1 aliphatic rings. The molecule has 1 aliphatic heterocycles. The Bertz CT molecular complexity index is 315. The molecule has 1 rings (SSSR count). The summed E-state index contributed by atoms with van der Waals surface area (Å²) in [6.07, 6.45) is 7.29. The molecule has 0 spiro atoms. The minimum absolute atomic E-state index is 0.0246. The van der Waals surface area contributed by atoms with E-state index in [-0.39, 0.29) is 17.9 Å². The Balaban J connectivity index is 2.09. The number of unbranched alkanes of at least 4 members (excludes halogenated alkanes) is 2. The van der Waals surface area contributed by atoms with Crippen LogP contribution in [-0.4, -0.2) is 48.9 Å². The Morgan fingerprint density at radius 3 is 2.48 bits per heavy atom. The molecule has 0 radical (unpaired) electrons. The summed E-state index contributed by atoms with van der Waals surface area (Å²) in [4.78, 5) is 25.7. The molecule has 5 heteroatoms. The van der Waals surface area contributed by atoms with E-state index in [0.29, 0.717) is 13.0 Å². The van der Waals surface area contributed by atoms with E-state index in [1.165, 1.54) is 6.42 Å². The van der Waals surface area contributed by atoms with Gasteiger partial charge >= 0.3 is 0 Å². The Morgan fingerprint density at radius 1 is 1.10 bits per heavy atom. The number of nitrogens with zero attached hydrogens (tertiary/aromatic N) is 1. The predicted octanol–water partition coefficient (Wildman–Crippen LogP) is 1.67. The van der Waals surface area contributed by atoms with E-state index in [4.69, 9.17) is 0 Å². The molecule has 0 aromatic carbocycles. The molecule has 0 saturated carbocycles. The van der Waals surface area contributed by atoms with Crippen LogP contribution in [0.5, 0.6) is 0 Å². The lowest BCUT2D eigenvalue weighted by Gasteiger charge is -2.27. The normalized spacial score (nSPS) is 16.6. The van der Waals surface area contributed by atoms with Gasteiger partial charge in [-0.2, -0.15) is 0 Å². The van der Waals surface area contributed by atoms with Crippen molar-refractivity contribution in [2.75, 3.05) is 26.2 Å². The summed E-state index contributed by atoms with van der Waals surface area (Å²) < 4.78 is 0. The quantitative estimate of drug-likeness (QED) is 0.637. The van der Waals surface area contributed by atoms with Crippen LogP contribution < -0.4 is 10.6 Å². The van der Waals surface area contributed by atoms with Gasteiger partial charge in [0.1, 0.15) is 0 Å². The second kappa shape index (κ2) is 10.6. The van der Waals surface area contributed by atoms with Gasteiger partial charge in [-0.3, -0.25) is 9.59 Å². The molecule has 0 aliphatic carbocycles. The lowest BCUT2D eigenvalue weighted by Crippen LogP contribution is -2.44. The molecule has 122 valence electrons. The van der Waals surface area contributed by atoms with Crippen LogP contribution in [-0.2, 0) is 9.59 Å². The monoisotopic (exact) mass is 297 g/mol. The molecule has 1 fully saturated rings. The molecule has 2 N–H and O–H groups in total. The van der Waals surface area contributed by atoms with Gasteiger partial charge in [-0.1, -0.05) is 19.8 Å². The van der Waals surface area contributed by atoms with Crippen molar-refractivity contribution in [3.05, 3.63) is 0 Å². The fraction of sp³-hybridized carbons (Fsp3) is 0.875. The van der Waals surface area contributed by atoms with Crippen molar-refractivity contribution in [1.82, 2.24) is 15.5 Å². The van der Waals surface area contributed by atoms with Gasteiger partial charge in [-0.15, -0.1) is 0 Å². The predicted molar refractivity (Wildman–Crippen MR) is 85.0 cm³/mol. The van der Waals surface area contributed by atoms with Gasteiger partial charge < -0.3 is 15.5 Å². The topological polar surface area (TPSA) is 61.4 Å². The van der Waals surface area contributed by atoms with Crippen LogP contribution in [0.1, 0.15) is 58.8 Å². The van der Waals surface area contributed by atoms with Gasteiger partial charge in [0.05, 0.1) is 6.04 Å². The van der Waals surface area contributed by atoms with Crippen molar-refractivity contribution < 1.29 is 9.59 Å². The molecule has 1 unspecified atom stereocenters. The molecule has 1 heterocycles. The number of carbonyl (C=O) groups excluding carboxylic acids is 2. The first-order valence-electron chi connectivity index (χ1n) is 8.44. The maximum absolute atomic E-state index is 12.0. The van der Waals surface area contributed by atoms with E-state index in [9.17, 15) is 9.59 Å².